The summed E-state index contributed by atoms with van der Waals surface area (Å²) in [6, 6.07) is 0. The Hall–Kier alpha value is -0.140. The number of alkyl halides is 2. The minimum atomic E-state index is -2.46. The molecule has 0 unspecified atom stereocenters. The van der Waals surface area contributed by atoms with Gasteiger partial charge in [0.15, 0.2) is 0 Å². The topological polar surface area (TPSA) is 0 Å². The van der Waals surface area contributed by atoms with Crippen molar-refractivity contribution < 1.29 is 8.78 Å². The summed E-state index contributed by atoms with van der Waals surface area (Å²) in [5.74, 6) is -0.388. The Bertz CT molecular complexity index is 218. The highest BCUT2D eigenvalue weighted by Crippen LogP contribution is 2.42. The normalized spacial score (nSPS) is 32.6. The molecule has 2 rings (SSSR count). The second-order valence-corrected chi connectivity index (χ2v) is 6.45. The van der Waals surface area contributed by atoms with Gasteiger partial charge in [-0.2, -0.15) is 0 Å². The number of hydrogen-bond acceptors (Lipinski definition) is 0. The van der Waals surface area contributed by atoms with Crippen molar-refractivity contribution in [1.29, 1.82) is 0 Å². The van der Waals surface area contributed by atoms with E-state index < -0.39 is 5.92 Å². The zero-order chi connectivity index (χ0) is 12.3. The SMILES string of the molecule is CC(F)(F)CC1CCC(C2CCCCC2)CC1. The molecule has 0 spiro atoms. The van der Waals surface area contributed by atoms with Crippen molar-refractivity contribution in [1.82, 2.24) is 0 Å². The molecular weight excluding hydrogens is 218 g/mol. The second-order valence-electron chi connectivity index (χ2n) is 6.45. The average molecular weight is 244 g/mol. The van der Waals surface area contributed by atoms with E-state index in [0.717, 1.165) is 31.6 Å². The average Bonchev–Trinajstić information content (AvgIpc) is 2.29. The van der Waals surface area contributed by atoms with Gasteiger partial charge >= 0.3 is 0 Å². The summed E-state index contributed by atoms with van der Waals surface area (Å²) < 4.78 is 25.9. The van der Waals surface area contributed by atoms with Crippen molar-refractivity contribution in [3.8, 4) is 0 Å². The van der Waals surface area contributed by atoms with Crippen LogP contribution in [0, 0.1) is 17.8 Å². The van der Waals surface area contributed by atoms with E-state index in [1.54, 1.807) is 0 Å². The molecule has 2 fully saturated rings. The van der Waals surface area contributed by atoms with Gasteiger partial charge in [-0.3, -0.25) is 0 Å². The van der Waals surface area contributed by atoms with E-state index >= 15 is 0 Å². The van der Waals surface area contributed by atoms with Crippen molar-refractivity contribution in [3.63, 3.8) is 0 Å². The molecule has 0 radical (unpaired) electrons. The lowest BCUT2D eigenvalue weighted by Crippen LogP contribution is -2.26. The van der Waals surface area contributed by atoms with Crippen molar-refractivity contribution in [2.24, 2.45) is 17.8 Å². The van der Waals surface area contributed by atoms with Crippen molar-refractivity contribution in [2.75, 3.05) is 0 Å². The van der Waals surface area contributed by atoms with E-state index in [1.165, 1.54) is 44.9 Å². The van der Waals surface area contributed by atoms with Crippen LogP contribution in [0.2, 0.25) is 0 Å². The van der Waals surface area contributed by atoms with Crippen LogP contribution < -0.4 is 0 Å². The van der Waals surface area contributed by atoms with Crippen LogP contribution in [0.1, 0.15) is 71.1 Å². The molecule has 2 aliphatic rings. The number of halogens is 2. The summed E-state index contributed by atoms with van der Waals surface area (Å²) in [7, 11) is 0. The molecule has 2 saturated carbocycles. The molecule has 0 bridgehead atoms. The standard InChI is InChI=1S/C15H26F2/c1-15(16,17)11-12-7-9-14(10-8-12)13-5-3-2-4-6-13/h12-14H,2-11H2,1H3. The van der Waals surface area contributed by atoms with Crippen molar-refractivity contribution in [3.05, 3.63) is 0 Å². The summed E-state index contributed by atoms with van der Waals surface area (Å²) in [5, 5.41) is 0. The fourth-order valence-corrected chi connectivity index (χ4v) is 3.98. The van der Waals surface area contributed by atoms with Crippen LogP contribution in [0.4, 0.5) is 8.78 Å². The Morgan fingerprint density at radius 1 is 0.824 bits per heavy atom. The Morgan fingerprint density at radius 2 is 1.35 bits per heavy atom. The summed E-state index contributed by atoms with van der Waals surface area (Å²) in [6.07, 6.45) is 11.7. The molecule has 2 aliphatic carbocycles. The lowest BCUT2D eigenvalue weighted by molar-refractivity contribution is -0.0129. The van der Waals surface area contributed by atoms with E-state index in [0.29, 0.717) is 0 Å². The molecule has 0 aromatic carbocycles. The molecule has 0 heterocycles. The monoisotopic (exact) mass is 244 g/mol. The van der Waals surface area contributed by atoms with E-state index in [9.17, 15) is 8.78 Å². The van der Waals surface area contributed by atoms with E-state index in [4.69, 9.17) is 0 Å². The minimum Gasteiger partial charge on any atom is -0.207 e. The van der Waals surface area contributed by atoms with Crippen molar-refractivity contribution in [2.45, 2.75) is 77.1 Å². The van der Waals surface area contributed by atoms with Crippen LogP contribution in [0.25, 0.3) is 0 Å². The van der Waals surface area contributed by atoms with E-state index in [1.807, 2.05) is 0 Å². The molecule has 2 heteroatoms. The van der Waals surface area contributed by atoms with Gasteiger partial charge in [0, 0.05) is 6.42 Å². The minimum absolute atomic E-state index is 0.115. The van der Waals surface area contributed by atoms with Gasteiger partial charge in [0.2, 0.25) is 5.92 Å². The molecule has 17 heavy (non-hydrogen) atoms. The molecule has 0 atom stereocenters. The van der Waals surface area contributed by atoms with Crippen LogP contribution >= 0.6 is 0 Å². The first kappa shape index (κ1) is 13.3. The van der Waals surface area contributed by atoms with Crippen LogP contribution in [0.15, 0.2) is 0 Å². The summed E-state index contributed by atoms with van der Waals surface area (Å²) >= 11 is 0. The van der Waals surface area contributed by atoms with Gasteiger partial charge in [0.1, 0.15) is 0 Å². The third-order valence-corrected chi connectivity index (χ3v) is 4.86. The maximum absolute atomic E-state index is 13.0. The molecular formula is C15H26F2. The van der Waals surface area contributed by atoms with Gasteiger partial charge in [-0.25, -0.2) is 8.78 Å². The smallest absolute Gasteiger partial charge is 0.207 e. The van der Waals surface area contributed by atoms with Gasteiger partial charge in [-0.05, 0) is 50.4 Å². The first-order valence-corrected chi connectivity index (χ1v) is 7.42. The first-order valence-electron chi connectivity index (χ1n) is 7.42. The number of hydrogen-bond donors (Lipinski definition) is 0. The lowest BCUT2D eigenvalue weighted by atomic mass is 9.70. The maximum Gasteiger partial charge on any atom is 0.245 e. The Morgan fingerprint density at radius 3 is 1.88 bits per heavy atom. The quantitative estimate of drug-likeness (QED) is 0.622. The third kappa shape index (κ3) is 4.22. The Kier molecular flexibility index (Phi) is 4.43. The lowest BCUT2D eigenvalue weighted by Gasteiger charge is -2.36. The first-order chi connectivity index (χ1) is 8.04. The highest BCUT2D eigenvalue weighted by Gasteiger charge is 2.32. The van der Waals surface area contributed by atoms with Crippen LogP contribution in [-0.2, 0) is 0 Å². The fraction of sp³-hybridized carbons (Fsp3) is 1.00. The highest BCUT2D eigenvalue weighted by molar-refractivity contribution is 4.81. The van der Waals surface area contributed by atoms with E-state index in [-0.39, 0.29) is 12.3 Å². The highest BCUT2D eigenvalue weighted by atomic mass is 19.3. The zero-order valence-corrected chi connectivity index (χ0v) is 11.1. The summed E-state index contributed by atoms with van der Waals surface area (Å²) in [6.45, 7) is 1.07. The second kappa shape index (κ2) is 5.67. The zero-order valence-electron chi connectivity index (χ0n) is 11.1. The van der Waals surface area contributed by atoms with Gasteiger partial charge in [-0.15, -0.1) is 0 Å². The predicted octanol–water partition coefficient (Wildman–Crippen LogP) is 5.42. The largest absolute Gasteiger partial charge is 0.245 e. The van der Waals surface area contributed by atoms with Crippen LogP contribution in [-0.4, -0.2) is 5.92 Å². The molecule has 0 aromatic heterocycles. The Labute approximate surface area is 104 Å². The molecule has 0 nitrogen and oxygen atoms in total. The molecule has 100 valence electrons. The maximum atomic E-state index is 13.0. The van der Waals surface area contributed by atoms with Gasteiger partial charge < -0.3 is 0 Å². The van der Waals surface area contributed by atoms with Gasteiger partial charge in [0.25, 0.3) is 0 Å². The third-order valence-electron chi connectivity index (χ3n) is 4.86. The molecule has 0 N–H and O–H groups in total. The van der Waals surface area contributed by atoms with Gasteiger partial charge in [-0.1, -0.05) is 32.1 Å². The summed E-state index contributed by atoms with van der Waals surface area (Å²) in [4.78, 5) is 0. The molecule has 0 amide bonds. The molecule has 0 aliphatic heterocycles. The molecule has 0 aromatic rings. The Balaban J connectivity index is 1.73. The van der Waals surface area contributed by atoms with E-state index in [2.05, 4.69) is 0 Å². The fourth-order valence-electron chi connectivity index (χ4n) is 3.98. The molecule has 0 saturated heterocycles. The van der Waals surface area contributed by atoms with Crippen LogP contribution in [0.3, 0.4) is 0 Å². The van der Waals surface area contributed by atoms with Crippen LogP contribution in [0.5, 0.6) is 0 Å². The summed E-state index contributed by atoms with van der Waals surface area (Å²) in [5.41, 5.74) is 0. The van der Waals surface area contributed by atoms with Gasteiger partial charge in [0.05, 0.1) is 0 Å². The number of rotatable bonds is 3. The predicted molar refractivity (Wildman–Crippen MR) is 67.3 cm³/mol. The van der Waals surface area contributed by atoms with Crippen molar-refractivity contribution >= 4 is 0 Å².